The molecule has 1 saturated carbocycles. The van der Waals surface area contributed by atoms with Crippen LogP contribution in [0.3, 0.4) is 0 Å². The van der Waals surface area contributed by atoms with Crippen LogP contribution in [-0.2, 0) is 15.1 Å². The minimum atomic E-state index is -1.09. The molecule has 1 fully saturated rings. The fourth-order valence-electron chi connectivity index (χ4n) is 3.24. The van der Waals surface area contributed by atoms with Crippen LogP contribution in [0.5, 0.6) is 11.5 Å². The number of aliphatic carboxylic acids is 1. The van der Waals surface area contributed by atoms with Gasteiger partial charge in [-0.15, -0.1) is 0 Å². The summed E-state index contributed by atoms with van der Waals surface area (Å²) < 4.78 is 15.9. The average molecular weight is 471 g/mol. The maximum absolute atomic E-state index is 12.2. The minimum absolute atomic E-state index is 0.318. The van der Waals surface area contributed by atoms with Crippen LogP contribution in [-0.4, -0.2) is 55.5 Å². The van der Waals surface area contributed by atoms with E-state index < -0.39 is 23.7 Å². The van der Waals surface area contributed by atoms with Crippen molar-refractivity contribution in [2.24, 2.45) is 5.73 Å². The van der Waals surface area contributed by atoms with E-state index in [0.717, 1.165) is 0 Å². The molecule has 32 heavy (non-hydrogen) atoms. The Morgan fingerprint density at radius 3 is 2.12 bits per heavy atom. The average Bonchev–Trinajstić information content (AvgIpc) is 2.76. The van der Waals surface area contributed by atoms with Crippen molar-refractivity contribution in [3.63, 3.8) is 0 Å². The summed E-state index contributed by atoms with van der Waals surface area (Å²) in [5, 5.41) is 11.6. The molecule has 0 saturated heterocycles. The van der Waals surface area contributed by atoms with Gasteiger partial charge >= 0.3 is 12.1 Å². The first-order chi connectivity index (χ1) is 15.1. The summed E-state index contributed by atoms with van der Waals surface area (Å²) >= 11 is 1.51. The van der Waals surface area contributed by atoms with Gasteiger partial charge in [-0.05, 0) is 57.3 Å². The molecule has 0 spiro atoms. The predicted molar refractivity (Wildman–Crippen MR) is 128 cm³/mol. The Labute approximate surface area is 195 Å². The SMILES string of the molecule is COc1cc(OC)cc(C(C)(C)OC(=O)N[C@@H](CCSC)C(=O)O)c1.NC1CCCCC1. The standard InChI is InChI=1S/C17H25NO6S.C6H13N/c1-17(2,11-8-12(22-3)10-13(9-11)23-4)24-16(21)18-14(15(19)20)6-7-25-5;7-6-4-2-1-3-5-6/h8-10,14H,6-7H2,1-5H3,(H,18,21)(H,19,20);6H,1-5,7H2/t14-;/m0./s1. The highest BCUT2D eigenvalue weighted by Crippen LogP contribution is 2.32. The van der Waals surface area contributed by atoms with Gasteiger partial charge in [0.1, 0.15) is 23.1 Å². The lowest BCUT2D eigenvalue weighted by Crippen LogP contribution is -2.43. The number of hydrogen-bond donors (Lipinski definition) is 3. The fraction of sp³-hybridized carbons (Fsp3) is 0.652. The molecule has 1 aromatic rings. The third-order valence-corrected chi connectivity index (χ3v) is 5.89. The minimum Gasteiger partial charge on any atom is -0.497 e. The van der Waals surface area contributed by atoms with E-state index in [1.165, 1.54) is 58.1 Å². The lowest BCUT2D eigenvalue weighted by Gasteiger charge is -2.27. The van der Waals surface area contributed by atoms with Gasteiger partial charge in [-0.25, -0.2) is 9.59 Å². The van der Waals surface area contributed by atoms with Gasteiger partial charge in [0.25, 0.3) is 0 Å². The molecule has 0 radical (unpaired) electrons. The number of nitrogens with one attached hydrogen (secondary N) is 1. The first-order valence-electron chi connectivity index (χ1n) is 10.8. The summed E-state index contributed by atoms with van der Waals surface area (Å²) in [4.78, 5) is 23.4. The number of alkyl carbamates (subject to hydrolysis) is 1. The molecule has 2 rings (SSSR count). The third-order valence-electron chi connectivity index (χ3n) is 5.25. The van der Waals surface area contributed by atoms with Crippen molar-refractivity contribution in [1.82, 2.24) is 5.32 Å². The molecular formula is C23H38N2O6S. The monoisotopic (exact) mass is 470 g/mol. The zero-order chi connectivity index (χ0) is 24.1. The Morgan fingerprint density at radius 2 is 1.72 bits per heavy atom. The summed E-state index contributed by atoms with van der Waals surface area (Å²) in [7, 11) is 3.06. The first kappa shape index (κ1) is 27.9. The van der Waals surface area contributed by atoms with Crippen LogP contribution in [0, 0.1) is 0 Å². The maximum atomic E-state index is 12.2. The second kappa shape index (κ2) is 14.1. The highest BCUT2D eigenvalue weighted by Gasteiger charge is 2.29. The zero-order valence-electron chi connectivity index (χ0n) is 19.8. The van der Waals surface area contributed by atoms with Gasteiger partial charge in [0.2, 0.25) is 0 Å². The molecule has 182 valence electrons. The molecule has 8 nitrogen and oxygen atoms in total. The zero-order valence-corrected chi connectivity index (χ0v) is 20.6. The van der Waals surface area contributed by atoms with Gasteiger partial charge in [-0.3, -0.25) is 0 Å². The number of carboxylic acids is 1. The lowest BCUT2D eigenvalue weighted by molar-refractivity contribution is -0.139. The summed E-state index contributed by atoms with van der Waals surface area (Å²) in [5.41, 5.74) is 5.29. The van der Waals surface area contributed by atoms with Gasteiger partial charge in [-0.1, -0.05) is 19.3 Å². The molecule has 9 heteroatoms. The van der Waals surface area contributed by atoms with E-state index >= 15 is 0 Å². The van der Waals surface area contributed by atoms with Crippen LogP contribution in [0.15, 0.2) is 18.2 Å². The molecule has 0 aromatic heterocycles. The van der Waals surface area contributed by atoms with E-state index in [0.29, 0.717) is 35.3 Å². The Morgan fingerprint density at radius 1 is 1.16 bits per heavy atom. The number of amides is 1. The van der Waals surface area contributed by atoms with Crippen LogP contribution in [0.25, 0.3) is 0 Å². The molecule has 0 aliphatic heterocycles. The van der Waals surface area contributed by atoms with Crippen LogP contribution >= 0.6 is 11.8 Å². The summed E-state index contributed by atoms with van der Waals surface area (Å²) in [6.07, 6.45) is 8.06. The topological polar surface area (TPSA) is 120 Å². The van der Waals surface area contributed by atoms with Crippen molar-refractivity contribution >= 4 is 23.8 Å². The molecule has 1 aromatic carbocycles. The predicted octanol–water partition coefficient (Wildman–Crippen LogP) is 4.15. The van der Waals surface area contributed by atoms with Crippen LogP contribution in [0.2, 0.25) is 0 Å². The van der Waals surface area contributed by atoms with E-state index in [4.69, 9.17) is 19.9 Å². The van der Waals surface area contributed by atoms with Crippen molar-refractivity contribution in [3.8, 4) is 11.5 Å². The van der Waals surface area contributed by atoms with Crippen molar-refractivity contribution in [1.29, 1.82) is 0 Å². The van der Waals surface area contributed by atoms with Gasteiger partial charge in [-0.2, -0.15) is 11.8 Å². The number of nitrogens with two attached hydrogens (primary N) is 1. The largest absolute Gasteiger partial charge is 0.497 e. The van der Waals surface area contributed by atoms with E-state index in [1.807, 2.05) is 6.26 Å². The molecule has 1 amide bonds. The first-order valence-corrected chi connectivity index (χ1v) is 12.2. The number of methoxy groups -OCH3 is 2. The molecule has 1 aliphatic rings. The van der Waals surface area contributed by atoms with Crippen molar-refractivity contribution in [2.75, 3.05) is 26.2 Å². The highest BCUT2D eigenvalue weighted by atomic mass is 32.2. The number of carbonyl (C=O) groups excluding carboxylic acids is 1. The van der Waals surface area contributed by atoms with E-state index in [2.05, 4.69) is 5.32 Å². The smallest absolute Gasteiger partial charge is 0.408 e. The second-order valence-electron chi connectivity index (χ2n) is 8.22. The number of rotatable bonds is 9. The number of benzene rings is 1. The molecule has 4 N–H and O–H groups in total. The maximum Gasteiger partial charge on any atom is 0.408 e. The van der Waals surface area contributed by atoms with E-state index in [1.54, 1.807) is 32.0 Å². The molecule has 1 aliphatic carbocycles. The molecule has 0 bridgehead atoms. The van der Waals surface area contributed by atoms with Crippen molar-refractivity contribution in [3.05, 3.63) is 23.8 Å². The van der Waals surface area contributed by atoms with Gasteiger partial charge in [0.15, 0.2) is 0 Å². The highest BCUT2D eigenvalue weighted by molar-refractivity contribution is 7.98. The number of ether oxygens (including phenoxy) is 3. The van der Waals surface area contributed by atoms with E-state index in [9.17, 15) is 14.7 Å². The van der Waals surface area contributed by atoms with Crippen LogP contribution in [0.1, 0.15) is 57.9 Å². The summed E-state index contributed by atoms with van der Waals surface area (Å²) in [5.74, 6) is 0.657. The molecule has 1 atom stereocenters. The second-order valence-corrected chi connectivity index (χ2v) is 9.20. The number of thioether (sulfide) groups is 1. The lowest BCUT2D eigenvalue weighted by atomic mass is 9.97. The summed E-state index contributed by atoms with van der Waals surface area (Å²) in [6.45, 7) is 3.41. The molecular weight excluding hydrogens is 432 g/mol. The Bertz CT molecular complexity index is 700. The number of carbonyl (C=O) groups is 2. The fourth-order valence-corrected chi connectivity index (χ4v) is 3.72. The third kappa shape index (κ3) is 9.99. The quantitative estimate of drug-likeness (QED) is 0.492. The number of carboxylic acid groups (broad SMARTS) is 1. The Balaban J connectivity index is 0.000000616. The normalized spacial score (nSPS) is 15.1. The van der Waals surface area contributed by atoms with Crippen LogP contribution < -0.4 is 20.5 Å². The van der Waals surface area contributed by atoms with Crippen molar-refractivity contribution < 1.29 is 28.9 Å². The van der Waals surface area contributed by atoms with Gasteiger partial charge < -0.3 is 30.4 Å². The Hall–Kier alpha value is -2.13. The summed E-state index contributed by atoms with van der Waals surface area (Å²) in [6, 6.07) is 4.73. The van der Waals surface area contributed by atoms with Gasteiger partial charge in [0.05, 0.1) is 14.2 Å². The van der Waals surface area contributed by atoms with Crippen LogP contribution in [0.4, 0.5) is 4.79 Å². The number of hydrogen-bond acceptors (Lipinski definition) is 7. The molecule has 0 unspecified atom stereocenters. The van der Waals surface area contributed by atoms with E-state index in [-0.39, 0.29) is 0 Å². The Kier molecular flexibility index (Phi) is 12.3. The van der Waals surface area contributed by atoms with Gasteiger partial charge in [0, 0.05) is 17.7 Å². The van der Waals surface area contributed by atoms with Crippen molar-refractivity contribution in [2.45, 2.75) is 70.1 Å². The molecule has 0 heterocycles.